The van der Waals surface area contributed by atoms with Crippen LogP contribution in [-0.2, 0) is 11.3 Å². The van der Waals surface area contributed by atoms with Crippen molar-refractivity contribution >= 4 is 11.6 Å². The summed E-state index contributed by atoms with van der Waals surface area (Å²) in [5.74, 6) is 1.30. The molecule has 32 heavy (non-hydrogen) atoms. The summed E-state index contributed by atoms with van der Waals surface area (Å²) in [6.45, 7) is 5.72. The molecule has 2 aromatic rings. The molecule has 1 amide bonds. The summed E-state index contributed by atoms with van der Waals surface area (Å²) < 4.78 is 11.5. The molecule has 168 valence electrons. The molecule has 0 saturated carbocycles. The van der Waals surface area contributed by atoms with Crippen LogP contribution in [-0.4, -0.2) is 49.2 Å². The number of nitriles is 1. The van der Waals surface area contributed by atoms with Crippen LogP contribution in [0.15, 0.2) is 42.5 Å². The van der Waals surface area contributed by atoms with Gasteiger partial charge in [0.05, 0.1) is 11.6 Å². The lowest BCUT2D eigenvalue weighted by Crippen LogP contribution is -2.48. The van der Waals surface area contributed by atoms with Crippen molar-refractivity contribution in [1.82, 2.24) is 4.90 Å². The fraction of sp³-hybridized carbons (Fsp3) is 0.440. The molecule has 0 aliphatic carbocycles. The Labute approximate surface area is 189 Å². The van der Waals surface area contributed by atoms with E-state index in [0.717, 1.165) is 48.7 Å². The van der Waals surface area contributed by atoms with Crippen molar-refractivity contribution in [2.45, 2.75) is 44.8 Å². The van der Waals surface area contributed by atoms with Crippen molar-refractivity contribution < 1.29 is 14.3 Å². The van der Waals surface area contributed by atoms with E-state index in [2.05, 4.69) is 41.0 Å². The standard InChI is InChI=1S/C25H30N4O3/c1-18(13-25(27)30)28-9-7-21(8-10-28)29(17-20-4-2-3-19(14-20)16-26)22-5-6-23-24(15-22)32-12-11-31-23/h2-6,14-15,18,21H,7-13,17H2,1H3,(H2,27,30). The Morgan fingerprint density at radius 2 is 1.94 bits per heavy atom. The van der Waals surface area contributed by atoms with E-state index in [0.29, 0.717) is 37.8 Å². The van der Waals surface area contributed by atoms with Gasteiger partial charge in [0, 0.05) is 49.9 Å². The number of hydrogen-bond acceptors (Lipinski definition) is 6. The van der Waals surface area contributed by atoms with Crippen LogP contribution in [0.2, 0.25) is 0 Å². The maximum Gasteiger partial charge on any atom is 0.218 e. The van der Waals surface area contributed by atoms with Crippen molar-refractivity contribution in [2.24, 2.45) is 5.73 Å². The molecule has 2 aliphatic rings. The summed E-state index contributed by atoms with van der Waals surface area (Å²) in [5.41, 5.74) is 8.25. The van der Waals surface area contributed by atoms with E-state index in [4.69, 9.17) is 15.2 Å². The highest BCUT2D eigenvalue weighted by molar-refractivity contribution is 5.74. The van der Waals surface area contributed by atoms with Gasteiger partial charge in [-0.15, -0.1) is 0 Å². The molecule has 0 bridgehead atoms. The van der Waals surface area contributed by atoms with Crippen molar-refractivity contribution in [3.05, 3.63) is 53.6 Å². The number of rotatable bonds is 7. The molecule has 0 radical (unpaired) electrons. The third-order valence-electron chi connectivity index (χ3n) is 6.33. The third kappa shape index (κ3) is 5.14. The molecule has 0 aromatic heterocycles. The minimum atomic E-state index is -0.255. The van der Waals surface area contributed by atoms with Gasteiger partial charge in [-0.2, -0.15) is 5.26 Å². The zero-order chi connectivity index (χ0) is 22.5. The Kier molecular flexibility index (Phi) is 6.81. The van der Waals surface area contributed by atoms with Gasteiger partial charge in [-0.3, -0.25) is 9.69 Å². The van der Waals surface area contributed by atoms with Gasteiger partial charge in [0.1, 0.15) is 13.2 Å². The van der Waals surface area contributed by atoms with E-state index in [-0.39, 0.29) is 11.9 Å². The van der Waals surface area contributed by atoms with Crippen LogP contribution in [0.25, 0.3) is 0 Å². The average Bonchev–Trinajstić information content (AvgIpc) is 2.82. The number of anilines is 1. The highest BCUT2D eigenvalue weighted by Crippen LogP contribution is 2.36. The minimum absolute atomic E-state index is 0.156. The summed E-state index contributed by atoms with van der Waals surface area (Å²) in [6.07, 6.45) is 2.35. The summed E-state index contributed by atoms with van der Waals surface area (Å²) in [5, 5.41) is 9.31. The smallest absolute Gasteiger partial charge is 0.218 e. The Morgan fingerprint density at radius 1 is 1.19 bits per heavy atom. The molecule has 2 N–H and O–H groups in total. The lowest BCUT2D eigenvalue weighted by atomic mass is 9.99. The normalized spacial score (nSPS) is 17.4. The number of benzene rings is 2. The van der Waals surface area contributed by atoms with E-state index >= 15 is 0 Å². The Balaban J connectivity index is 1.55. The first-order valence-corrected chi connectivity index (χ1v) is 11.2. The molecule has 7 nitrogen and oxygen atoms in total. The number of carbonyl (C=O) groups is 1. The van der Waals surface area contributed by atoms with E-state index in [9.17, 15) is 10.1 Å². The number of carbonyl (C=O) groups excluding carboxylic acids is 1. The minimum Gasteiger partial charge on any atom is -0.486 e. The lowest BCUT2D eigenvalue weighted by molar-refractivity contribution is -0.119. The SMILES string of the molecule is CC(CC(N)=O)N1CCC(N(Cc2cccc(C#N)c2)c2ccc3c(c2)OCCO3)CC1. The first-order valence-electron chi connectivity index (χ1n) is 11.2. The van der Waals surface area contributed by atoms with Crippen molar-refractivity contribution in [3.8, 4) is 17.6 Å². The van der Waals surface area contributed by atoms with Gasteiger partial charge in [0.2, 0.25) is 5.91 Å². The van der Waals surface area contributed by atoms with Gasteiger partial charge in [-0.1, -0.05) is 12.1 Å². The summed E-state index contributed by atoms with van der Waals surface area (Å²) in [7, 11) is 0. The average molecular weight is 435 g/mol. The number of hydrogen-bond donors (Lipinski definition) is 1. The molecule has 1 unspecified atom stereocenters. The topological polar surface area (TPSA) is 91.8 Å². The summed E-state index contributed by atoms with van der Waals surface area (Å²) in [4.78, 5) is 16.1. The summed E-state index contributed by atoms with van der Waals surface area (Å²) in [6, 6.07) is 16.6. The molecule has 1 fully saturated rings. The number of amides is 1. The van der Waals surface area contributed by atoms with Crippen LogP contribution in [0, 0.1) is 11.3 Å². The largest absolute Gasteiger partial charge is 0.486 e. The monoisotopic (exact) mass is 434 g/mol. The lowest BCUT2D eigenvalue weighted by Gasteiger charge is -2.42. The molecule has 1 atom stereocenters. The molecule has 1 saturated heterocycles. The van der Waals surface area contributed by atoms with Crippen LogP contribution >= 0.6 is 0 Å². The number of nitrogens with two attached hydrogens (primary N) is 1. The molecule has 4 rings (SSSR count). The maximum absolute atomic E-state index is 11.3. The number of fused-ring (bicyclic) bond motifs is 1. The van der Waals surface area contributed by atoms with E-state index in [1.165, 1.54) is 0 Å². The molecule has 7 heteroatoms. The highest BCUT2D eigenvalue weighted by atomic mass is 16.6. The van der Waals surface area contributed by atoms with Crippen LogP contribution in [0.1, 0.15) is 37.3 Å². The molecular formula is C25H30N4O3. The first-order chi connectivity index (χ1) is 15.5. The zero-order valence-electron chi connectivity index (χ0n) is 18.5. The molecule has 0 spiro atoms. The quantitative estimate of drug-likeness (QED) is 0.720. The van der Waals surface area contributed by atoms with Crippen molar-refractivity contribution in [1.29, 1.82) is 5.26 Å². The molecular weight excluding hydrogens is 404 g/mol. The zero-order valence-corrected chi connectivity index (χ0v) is 18.5. The van der Waals surface area contributed by atoms with Gasteiger partial charge in [0.25, 0.3) is 0 Å². The van der Waals surface area contributed by atoms with Crippen molar-refractivity contribution in [2.75, 3.05) is 31.2 Å². The molecule has 2 aromatic carbocycles. The number of piperidine rings is 1. The number of likely N-dealkylation sites (tertiary alicyclic amines) is 1. The fourth-order valence-corrected chi connectivity index (χ4v) is 4.64. The predicted molar refractivity (Wildman–Crippen MR) is 123 cm³/mol. The van der Waals surface area contributed by atoms with Crippen LogP contribution < -0.4 is 20.1 Å². The third-order valence-corrected chi connectivity index (χ3v) is 6.33. The Morgan fingerprint density at radius 3 is 2.66 bits per heavy atom. The predicted octanol–water partition coefficient (Wildman–Crippen LogP) is 3.06. The molecule has 2 aliphatic heterocycles. The second-order valence-corrected chi connectivity index (χ2v) is 8.55. The summed E-state index contributed by atoms with van der Waals surface area (Å²) >= 11 is 0. The van der Waals surface area contributed by atoms with Crippen LogP contribution in [0.3, 0.4) is 0 Å². The second-order valence-electron chi connectivity index (χ2n) is 8.55. The van der Waals surface area contributed by atoms with E-state index in [1.807, 2.05) is 24.3 Å². The highest BCUT2D eigenvalue weighted by Gasteiger charge is 2.28. The van der Waals surface area contributed by atoms with Crippen molar-refractivity contribution in [3.63, 3.8) is 0 Å². The van der Waals surface area contributed by atoms with Crippen LogP contribution in [0.5, 0.6) is 11.5 Å². The Hall–Kier alpha value is -3.24. The van der Waals surface area contributed by atoms with E-state index < -0.39 is 0 Å². The first kappa shape index (κ1) is 22.0. The Bertz CT molecular complexity index is 995. The van der Waals surface area contributed by atoms with Gasteiger partial charge in [0.15, 0.2) is 11.5 Å². The molecule has 2 heterocycles. The second kappa shape index (κ2) is 9.92. The van der Waals surface area contributed by atoms with Gasteiger partial charge in [-0.05, 0) is 49.6 Å². The van der Waals surface area contributed by atoms with Crippen LogP contribution in [0.4, 0.5) is 5.69 Å². The number of nitrogens with zero attached hydrogens (tertiary/aromatic N) is 3. The fourth-order valence-electron chi connectivity index (χ4n) is 4.64. The van der Waals surface area contributed by atoms with E-state index in [1.54, 1.807) is 0 Å². The number of ether oxygens (including phenoxy) is 2. The number of primary amides is 1. The van der Waals surface area contributed by atoms with Gasteiger partial charge >= 0.3 is 0 Å². The van der Waals surface area contributed by atoms with Gasteiger partial charge in [-0.25, -0.2) is 0 Å². The maximum atomic E-state index is 11.3. The van der Waals surface area contributed by atoms with Gasteiger partial charge < -0.3 is 20.1 Å².